The van der Waals surface area contributed by atoms with E-state index in [1.807, 2.05) is 6.07 Å². The van der Waals surface area contributed by atoms with Crippen LogP contribution in [0.4, 0.5) is 4.79 Å². The van der Waals surface area contributed by atoms with Crippen LogP contribution >= 0.6 is 0 Å². The van der Waals surface area contributed by atoms with Gasteiger partial charge in [-0.15, -0.1) is 0 Å². The highest BCUT2D eigenvalue weighted by Crippen LogP contribution is 2.62. The Morgan fingerprint density at radius 2 is 1.86 bits per heavy atom. The summed E-state index contributed by atoms with van der Waals surface area (Å²) in [4.78, 5) is 68.7. The Bertz CT molecular complexity index is 1820. The van der Waals surface area contributed by atoms with E-state index in [0.29, 0.717) is 29.9 Å². The highest BCUT2D eigenvalue weighted by atomic mass is 16.6. The summed E-state index contributed by atoms with van der Waals surface area (Å²) in [6.45, 7) is 3.70. The number of allylic oxidation sites excluding steroid dienone is 2. The van der Waals surface area contributed by atoms with Crippen molar-refractivity contribution in [3.8, 4) is 5.75 Å². The number of amides is 2. The molecule has 9 atom stereocenters. The number of phenolic OH excluding ortho intramolecular Hbond substituents is 1. The van der Waals surface area contributed by atoms with E-state index >= 15 is 0 Å². The third-order valence-electron chi connectivity index (χ3n) is 13.6. The van der Waals surface area contributed by atoms with E-state index in [4.69, 9.17) is 25.7 Å². The molecule has 8 rings (SSSR count). The Kier molecular flexibility index (Phi) is 7.82. The predicted molar refractivity (Wildman–Crippen MR) is 180 cm³/mol. The van der Waals surface area contributed by atoms with E-state index in [0.717, 1.165) is 38.5 Å². The Morgan fingerprint density at radius 3 is 2.61 bits per heavy atom. The first-order valence-corrected chi connectivity index (χ1v) is 18.2. The van der Waals surface area contributed by atoms with Gasteiger partial charge in [0.2, 0.25) is 17.5 Å². The maximum Gasteiger partial charge on any atom is 0.404 e. The van der Waals surface area contributed by atoms with E-state index < -0.39 is 35.3 Å². The number of aromatic hydroxyl groups is 1. The van der Waals surface area contributed by atoms with E-state index in [1.165, 1.54) is 25.2 Å². The smallest absolute Gasteiger partial charge is 0.404 e. The molecule has 0 bridgehead atoms. The number of fused-ring (bicyclic) bond motifs is 9. The molecule has 4 fully saturated rings. The molecule has 1 aromatic rings. The lowest BCUT2D eigenvalue weighted by molar-refractivity contribution is -0.158. The second kappa shape index (κ2) is 11.8. The fourth-order valence-corrected chi connectivity index (χ4v) is 11.3. The van der Waals surface area contributed by atoms with Gasteiger partial charge in [-0.1, -0.05) is 13.0 Å². The summed E-state index contributed by atoms with van der Waals surface area (Å²) in [5.74, 6) is -0.477. The Morgan fingerprint density at radius 1 is 1.08 bits per heavy atom. The average Bonchev–Trinajstić information content (AvgIpc) is 3.42. The first-order chi connectivity index (χ1) is 24.3. The SMILES string of the molecule is COC12C(COC(N)=O)C3=C(C(=O)C(C)=C(N)C3=O)N1CC1C2N1C(=O)CCCC(=O)O[C@H]1CC[C@H]2[C@@H]3CCc4cc(O)ccc4[C@H]3CC[C@]12C. The summed E-state index contributed by atoms with van der Waals surface area (Å²) in [7, 11) is 1.44. The van der Waals surface area contributed by atoms with Gasteiger partial charge >= 0.3 is 12.1 Å². The van der Waals surface area contributed by atoms with E-state index in [2.05, 4.69) is 13.0 Å². The molecule has 0 radical (unpaired) electrons. The van der Waals surface area contributed by atoms with Gasteiger partial charge in [0.25, 0.3) is 0 Å². The highest BCUT2D eigenvalue weighted by molar-refractivity contribution is 6.25. The van der Waals surface area contributed by atoms with Crippen molar-refractivity contribution in [2.24, 2.45) is 34.6 Å². The van der Waals surface area contributed by atoms with Gasteiger partial charge in [-0.05, 0) is 92.9 Å². The standard InChI is InChI=1S/C38H46N4O9/c1-18-31(39)34(47)30-25(17-50-36(40)48)38(49-3)35-26(16-41(38)32(30)33(18)46)42(35)28(44)5-4-6-29(45)51-27-12-11-24-23-9-7-19-15-20(43)8-10-21(19)22(23)13-14-37(24,27)2/h8,10,15,22-27,35,43H,4-7,9,11-14,16-17,39H2,1-3H3,(H2,40,48)/t22-,23-,24+,25?,26?,27+,35?,37+,38?,42?/m1/s1. The zero-order valence-corrected chi connectivity index (χ0v) is 29.3. The molecule has 0 spiro atoms. The number of hydrogen-bond donors (Lipinski definition) is 3. The van der Waals surface area contributed by atoms with Crippen LogP contribution in [-0.2, 0) is 39.8 Å². The molecule has 3 aliphatic heterocycles. The lowest BCUT2D eigenvalue weighted by atomic mass is 9.55. The number of benzene rings is 1. The van der Waals surface area contributed by atoms with Crippen molar-refractivity contribution in [1.82, 2.24) is 9.80 Å². The fraction of sp³-hybridized carbons (Fsp3) is 0.605. The number of phenols is 1. The molecule has 13 heteroatoms. The molecule has 1 aromatic carbocycles. The molecule has 4 unspecified atom stereocenters. The lowest BCUT2D eigenvalue weighted by Gasteiger charge is -2.50. The van der Waals surface area contributed by atoms with Crippen LogP contribution in [-0.4, -0.2) is 88.6 Å². The number of Topliss-reactive ketones (excluding diaryl/α,β-unsaturated/α-hetero) is 2. The number of piperazine rings is 1. The third-order valence-corrected chi connectivity index (χ3v) is 13.6. The summed E-state index contributed by atoms with van der Waals surface area (Å²) in [5, 5.41) is 10.00. The summed E-state index contributed by atoms with van der Waals surface area (Å²) >= 11 is 0. The number of carbonyl (C=O) groups is 5. The number of rotatable bonds is 8. The van der Waals surface area contributed by atoms with Gasteiger partial charge in [0.15, 0.2) is 5.72 Å². The minimum atomic E-state index is -1.33. The van der Waals surface area contributed by atoms with E-state index in [1.54, 1.807) is 15.9 Å². The van der Waals surface area contributed by atoms with Crippen molar-refractivity contribution < 1.29 is 43.3 Å². The van der Waals surface area contributed by atoms with Crippen molar-refractivity contribution >= 4 is 29.5 Å². The van der Waals surface area contributed by atoms with Crippen molar-refractivity contribution in [2.45, 2.75) is 101 Å². The largest absolute Gasteiger partial charge is 0.508 e. The van der Waals surface area contributed by atoms with Crippen LogP contribution < -0.4 is 11.5 Å². The van der Waals surface area contributed by atoms with Crippen molar-refractivity contribution in [2.75, 3.05) is 20.3 Å². The van der Waals surface area contributed by atoms with Gasteiger partial charge in [0.1, 0.15) is 24.5 Å². The summed E-state index contributed by atoms with van der Waals surface area (Å²) in [5.41, 5.74) is 12.8. The molecule has 13 nitrogen and oxygen atoms in total. The number of methoxy groups -OCH3 is 1. The zero-order valence-electron chi connectivity index (χ0n) is 29.3. The topological polar surface area (TPSA) is 192 Å². The minimum Gasteiger partial charge on any atom is -0.508 e. The maximum atomic E-state index is 13.6. The minimum absolute atomic E-state index is 0.0800. The number of esters is 1. The number of aryl methyl sites for hydroxylation is 1. The molecule has 2 amide bonds. The lowest BCUT2D eigenvalue weighted by Crippen LogP contribution is -2.56. The van der Waals surface area contributed by atoms with Gasteiger partial charge in [0.05, 0.1) is 23.4 Å². The highest BCUT2D eigenvalue weighted by Gasteiger charge is 2.77. The Hall–Kier alpha value is -4.39. The Balaban J connectivity index is 0.891. The molecule has 3 heterocycles. The first-order valence-electron chi connectivity index (χ1n) is 18.2. The summed E-state index contributed by atoms with van der Waals surface area (Å²) in [6.07, 6.45) is 5.29. The van der Waals surface area contributed by atoms with Gasteiger partial charge in [-0.25, -0.2) is 4.79 Å². The average molecular weight is 703 g/mol. The zero-order chi connectivity index (χ0) is 36.1. The van der Waals surface area contributed by atoms with Crippen LogP contribution in [0.5, 0.6) is 5.75 Å². The number of nitrogens with two attached hydrogens (primary N) is 2. The van der Waals surface area contributed by atoms with E-state index in [-0.39, 0.29) is 78.0 Å². The molecule has 51 heavy (non-hydrogen) atoms. The van der Waals surface area contributed by atoms with Crippen LogP contribution in [0, 0.1) is 23.2 Å². The molecule has 2 saturated heterocycles. The number of carbonyl (C=O) groups excluding carboxylic acids is 5. The maximum absolute atomic E-state index is 13.6. The molecule has 0 aromatic heterocycles. The van der Waals surface area contributed by atoms with Gasteiger partial charge in [-0.3, -0.25) is 19.2 Å². The number of ether oxygens (including phenoxy) is 3. The number of ketones is 2. The number of primary amides is 1. The van der Waals surface area contributed by atoms with Crippen LogP contribution in [0.15, 0.2) is 40.7 Å². The van der Waals surface area contributed by atoms with Crippen LogP contribution in [0.1, 0.15) is 82.3 Å². The van der Waals surface area contributed by atoms with Crippen LogP contribution in [0.25, 0.3) is 0 Å². The molecule has 2 saturated carbocycles. The summed E-state index contributed by atoms with van der Waals surface area (Å²) < 4.78 is 17.4. The molecular weight excluding hydrogens is 656 g/mol. The molecule has 5 N–H and O–H groups in total. The van der Waals surface area contributed by atoms with E-state index in [9.17, 15) is 29.1 Å². The van der Waals surface area contributed by atoms with Crippen molar-refractivity contribution in [1.29, 1.82) is 0 Å². The molecule has 272 valence electrons. The number of hydrogen-bond acceptors (Lipinski definition) is 11. The first kappa shape index (κ1) is 33.7. The van der Waals surface area contributed by atoms with Crippen LogP contribution in [0.2, 0.25) is 0 Å². The van der Waals surface area contributed by atoms with Crippen molar-refractivity contribution in [3.05, 3.63) is 51.9 Å². The normalized spacial score (nSPS) is 35.9. The third kappa shape index (κ3) is 4.79. The van der Waals surface area contributed by atoms with Gasteiger partial charge in [-0.2, -0.15) is 0 Å². The second-order valence-electron chi connectivity index (χ2n) is 15.8. The van der Waals surface area contributed by atoms with Crippen LogP contribution in [0.3, 0.4) is 0 Å². The Labute approximate surface area is 296 Å². The summed E-state index contributed by atoms with van der Waals surface area (Å²) in [6, 6.07) is 5.01. The predicted octanol–water partition coefficient (Wildman–Crippen LogP) is 2.93. The quantitative estimate of drug-likeness (QED) is 0.205. The molecule has 4 aliphatic carbocycles. The van der Waals surface area contributed by atoms with Gasteiger partial charge in [0, 0.05) is 43.1 Å². The molecular formula is C38H46N4O9. The van der Waals surface area contributed by atoms with Crippen molar-refractivity contribution in [3.63, 3.8) is 0 Å². The number of nitrogens with zero attached hydrogens (tertiary/aromatic N) is 2. The molecule has 7 aliphatic rings. The van der Waals surface area contributed by atoms with Gasteiger partial charge < -0.3 is 40.6 Å². The monoisotopic (exact) mass is 702 g/mol. The second-order valence-corrected chi connectivity index (χ2v) is 15.8. The fourth-order valence-electron chi connectivity index (χ4n) is 11.3.